The average molecular weight is 215 g/mol. The molecule has 0 fully saturated rings. The Balaban J connectivity index is 2.40. The van der Waals surface area contributed by atoms with E-state index in [1.54, 1.807) is 0 Å². The highest BCUT2D eigenvalue weighted by atomic mass is 14.9. The molecule has 0 aliphatic carbocycles. The number of benzene rings is 1. The van der Waals surface area contributed by atoms with Crippen LogP contribution >= 0.6 is 0 Å². The molecule has 0 aromatic heterocycles. The molecule has 1 N–H and O–H groups in total. The Bertz CT molecular complexity index is 362. The average Bonchev–Trinajstić information content (AvgIpc) is 2.24. The number of nitrogens with one attached hydrogen (secondary N) is 1. The van der Waals surface area contributed by atoms with Crippen molar-refractivity contribution in [3.63, 3.8) is 0 Å². The van der Waals surface area contributed by atoms with Crippen LogP contribution in [0, 0.1) is 17.3 Å². The highest BCUT2D eigenvalue weighted by Gasteiger charge is 2.18. The van der Waals surface area contributed by atoms with Gasteiger partial charge >= 0.3 is 0 Å². The molecule has 0 saturated heterocycles. The van der Waals surface area contributed by atoms with Crippen LogP contribution in [0.2, 0.25) is 0 Å². The zero-order valence-electron chi connectivity index (χ0n) is 10.7. The Morgan fingerprint density at radius 1 is 1.19 bits per heavy atom. The number of rotatable bonds is 2. The molecule has 0 spiro atoms. The molecule has 1 aromatic rings. The molecule has 0 bridgehead atoms. The van der Waals surface area contributed by atoms with E-state index in [9.17, 15) is 0 Å². The first-order valence-corrected chi connectivity index (χ1v) is 5.77. The van der Waals surface area contributed by atoms with Gasteiger partial charge in [0.15, 0.2) is 0 Å². The molecule has 1 aromatic carbocycles. The molecule has 0 amide bonds. The summed E-state index contributed by atoms with van der Waals surface area (Å²) >= 11 is 0. The molecule has 16 heavy (non-hydrogen) atoms. The van der Waals surface area contributed by atoms with Gasteiger partial charge in [-0.25, -0.2) is 0 Å². The molecular formula is C15H21N. The normalized spacial score (nSPS) is 12.8. The Kier molecular flexibility index (Phi) is 4.58. The fourth-order valence-electron chi connectivity index (χ4n) is 1.18. The van der Waals surface area contributed by atoms with E-state index in [0.29, 0.717) is 6.04 Å². The van der Waals surface area contributed by atoms with Crippen molar-refractivity contribution in [2.45, 2.75) is 33.7 Å². The maximum Gasteiger partial charge on any atom is 0.0582 e. The fraction of sp³-hybridized carbons (Fsp3) is 0.467. The molecular weight excluding hydrogens is 194 g/mol. The van der Waals surface area contributed by atoms with Crippen LogP contribution in [0.15, 0.2) is 30.3 Å². The fourth-order valence-corrected chi connectivity index (χ4v) is 1.18. The summed E-state index contributed by atoms with van der Waals surface area (Å²) in [5.74, 6) is 6.28. The zero-order valence-corrected chi connectivity index (χ0v) is 10.7. The third-order valence-electron chi connectivity index (χ3n) is 2.80. The van der Waals surface area contributed by atoms with E-state index in [4.69, 9.17) is 0 Å². The third-order valence-corrected chi connectivity index (χ3v) is 2.80. The lowest BCUT2D eigenvalue weighted by Crippen LogP contribution is -2.37. The van der Waals surface area contributed by atoms with Gasteiger partial charge in [-0.15, -0.1) is 0 Å². The van der Waals surface area contributed by atoms with Crippen LogP contribution in [-0.4, -0.2) is 12.6 Å². The Morgan fingerprint density at radius 3 is 2.38 bits per heavy atom. The summed E-state index contributed by atoms with van der Waals surface area (Å²) in [4.78, 5) is 0. The lowest BCUT2D eigenvalue weighted by molar-refractivity contribution is 0.295. The third kappa shape index (κ3) is 4.51. The van der Waals surface area contributed by atoms with Crippen molar-refractivity contribution in [3.8, 4) is 11.8 Å². The second-order valence-electron chi connectivity index (χ2n) is 5.14. The molecule has 0 saturated carbocycles. The van der Waals surface area contributed by atoms with E-state index >= 15 is 0 Å². The zero-order chi connectivity index (χ0) is 12.0. The van der Waals surface area contributed by atoms with Gasteiger partial charge in [-0.2, -0.15) is 0 Å². The van der Waals surface area contributed by atoms with E-state index in [2.05, 4.69) is 44.9 Å². The van der Waals surface area contributed by atoms with Gasteiger partial charge in [0.1, 0.15) is 0 Å². The molecule has 0 heterocycles. The SMILES string of the molecule is CC(NCC#Cc1ccccc1)C(C)(C)C. The van der Waals surface area contributed by atoms with Crippen LogP contribution < -0.4 is 5.32 Å². The maximum absolute atomic E-state index is 3.42. The summed E-state index contributed by atoms with van der Waals surface area (Å²) in [5, 5.41) is 3.42. The van der Waals surface area contributed by atoms with Gasteiger partial charge in [-0.1, -0.05) is 50.8 Å². The molecule has 1 atom stereocenters. The van der Waals surface area contributed by atoms with Crippen molar-refractivity contribution in [1.29, 1.82) is 0 Å². The summed E-state index contributed by atoms with van der Waals surface area (Å²) in [6, 6.07) is 10.5. The standard InChI is InChI=1S/C15H21N/c1-13(15(2,3)4)16-12-8-11-14-9-6-5-7-10-14/h5-7,9-10,13,16H,12H2,1-4H3. The lowest BCUT2D eigenvalue weighted by Gasteiger charge is -2.27. The lowest BCUT2D eigenvalue weighted by atomic mass is 9.88. The van der Waals surface area contributed by atoms with Gasteiger partial charge < -0.3 is 5.32 Å². The van der Waals surface area contributed by atoms with Crippen molar-refractivity contribution >= 4 is 0 Å². The molecule has 0 aliphatic heterocycles. The van der Waals surface area contributed by atoms with Crippen molar-refractivity contribution in [3.05, 3.63) is 35.9 Å². The van der Waals surface area contributed by atoms with Crippen molar-refractivity contribution in [2.75, 3.05) is 6.54 Å². The predicted molar refractivity (Wildman–Crippen MR) is 70.2 cm³/mol. The van der Waals surface area contributed by atoms with Gasteiger partial charge in [0.25, 0.3) is 0 Å². The minimum absolute atomic E-state index is 0.286. The van der Waals surface area contributed by atoms with Gasteiger partial charge in [0.2, 0.25) is 0 Å². The van der Waals surface area contributed by atoms with Crippen LogP contribution in [0.25, 0.3) is 0 Å². The van der Waals surface area contributed by atoms with E-state index in [1.165, 1.54) is 0 Å². The van der Waals surface area contributed by atoms with E-state index < -0.39 is 0 Å². The van der Waals surface area contributed by atoms with Crippen LogP contribution in [0.3, 0.4) is 0 Å². The maximum atomic E-state index is 3.42. The molecule has 1 heteroatoms. The van der Waals surface area contributed by atoms with Gasteiger partial charge in [0.05, 0.1) is 6.54 Å². The van der Waals surface area contributed by atoms with Crippen LogP contribution in [0.1, 0.15) is 33.3 Å². The van der Waals surface area contributed by atoms with Crippen molar-refractivity contribution < 1.29 is 0 Å². The Morgan fingerprint density at radius 2 is 1.81 bits per heavy atom. The van der Waals surface area contributed by atoms with E-state index in [-0.39, 0.29) is 5.41 Å². The molecule has 86 valence electrons. The highest BCUT2D eigenvalue weighted by Crippen LogP contribution is 2.17. The summed E-state index contributed by atoms with van der Waals surface area (Å²) < 4.78 is 0. The summed E-state index contributed by atoms with van der Waals surface area (Å²) in [6.07, 6.45) is 0. The first-order valence-electron chi connectivity index (χ1n) is 5.77. The van der Waals surface area contributed by atoms with Crippen molar-refractivity contribution in [2.24, 2.45) is 5.41 Å². The van der Waals surface area contributed by atoms with Crippen LogP contribution in [-0.2, 0) is 0 Å². The molecule has 0 aliphatic rings. The number of hydrogen-bond donors (Lipinski definition) is 1. The summed E-state index contributed by atoms with van der Waals surface area (Å²) in [6.45, 7) is 9.64. The summed E-state index contributed by atoms with van der Waals surface area (Å²) in [5.41, 5.74) is 1.36. The second kappa shape index (κ2) is 5.72. The highest BCUT2D eigenvalue weighted by molar-refractivity contribution is 5.33. The first-order chi connectivity index (χ1) is 7.50. The minimum atomic E-state index is 0.286. The van der Waals surface area contributed by atoms with E-state index in [0.717, 1.165) is 12.1 Å². The minimum Gasteiger partial charge on any atom is -0.303 e. The summed E-state index contributed by atoms with van der Waals surface area (Å²) in [7, 11) is 0. The quantitative estimate of drug-likeness (QED) is 0.748. The van der Waals surface area contributed by atoms with Gasteiger partial charge in [0, 0.05) is 11.6 Å². The molecule has 1 rings (SSSR count). The molecule has 1 nitrogen and oxygen atoms in total. The largest absolute Gasteiger partial charge is 0.303 e. The molecule has 1 unspecified atom stereocenters. The monoisotopic (exact) mass is 215 g/mol. The van der Waals surface area contributed by atoms with Gasteiger partial charge in [-0.3, -0.25) is 0 Å². The van der Waals surface area contributed by atoms with Crippen LogP contribution in [0.4, 0.5) is 0 Å². The molecule has 0 radical (unpaired) electrons. The Hall–Kier alpha value is -1.26. The van der Waals surface area contributed by atoms with Gasteiger partial charge in [-0.05, 0) is 24.5 Å². The second-order valence-corrected chi connectivity index (χ2v) is 5.14. The van der Waals surface area contributed by atoms with E-state index in [1.807, 2.05) is 30.3 Å². The Labute approximate surface area is 99.3 Å². The van der Waals surface area contributed by atoms with Crippen molar-refractivity contribution in [1.82, 2.24) is 5.32 Å². The predicted octanol–water partition coefficient (Wildman–Crippen LogP) is 3.06. The number of hydrogen-bond acceptors (Lipinski definition) is 1. The smallest absolute Gasteiger partial charge is 0.0582 e. The first kappa shape index (κ1) is 12.8. The topological polar surface area (TPSA) is 12.0 Å². The van der Waals surface area contributed by atoms with Crippen LogP contribution in [0.5, 0.6) is 0 Å².